The molecule has 0 atom stereocenters. The van der Waals surface area contributed by atoms with Gasteiger partial charge in [-0.25, -0.2) is 9.59 Å². The van der Waals surface area contributed by atoms with Gasteiger partial charge in [0, 0.05) is 12.3 Å². The number of rotatable bonds is 0. The maximum Gasteiger partial charge on any atom is 0.351 e. The van der Waals surface area contributed by atoms with Crippen molar-refractivity contribution in [1.82, 2.24) is 14.5 Å². The minimum atomic E-state index is -0.560. The van der Waals surface area contributed by atoms with Gasteiger partial charge in [-0.15, -0.1) is 0 Å². The van der Waals surface area contributed by atoms with Crippen LogP contribution in [0.3, 0.4) is 0 Å². The topological polar surface area (TPSA) is 67.8 Å². The van der Waals surface area contributed by atoms with Crippen LogP contribution < -0.4 is 11.4 Å². The van der Waals surface area contributed by atoms with Crippen molar-refractivity contribution in [2.24, 2.45) is 0 Å². The highest BCUT2D eigenvalue weighted by Gasteiger charge is 2.13. The van der Waals surface area contributed by atoms with Crippen LogP contribution in [0.2, 0.25) is 0 Å². The van der Waals surface area contributed by atoms with Crippen LogP contribution in [0.15, 0.2) is 14.7 Å². The molecular weight excluding hydrogens is 190 g/mol. The second-order valence-electron chi connectivity index (χ2n) is 2.13. The Balaban J connectivity index is 0.000000396. The van der Waals surface area contributed by atoms with Crippen LogP contribution in [0.1, 0.15) is 13.8 Å². The summed E-state index contributed by atoms with van der Waals surface area (Å²) in [5.41, 5.74) is -0.916. The van der Waals surface area contributed by atoms with Crippen molar-refractivity contribution in [3.63, 3.8) is 0 Å². The molecule has 0 spiro atoms. The Hall–Kier alpha value is -1.04. The lowest BCUT2D eigenvalue weighted by Gasteiger charge is -1.95. The lowest BCUT2D eigenvalue weighted by atomic mass is 10.7. The summed E-state index contributed by atoms with van der Waals surface area (Å²) in [7, 11) is 0. The highest BCUT2D eigenvalue weighted by atomic mass is 32.2. The summed E-state index contributed by atoms with van der Waals surface area (Å²) in [6.45, 7) is 4.64. The van der Waals surface area contributed by atoms with Crippen LogP contribution in [-0.2, 0) is 6.54 Å². The molecule has 1 aliphatic heterocycles. The second kappa shape index (κ2) is 4.27. The lowest BCUT2D eigenvalue weighted by molar-refractivity contribution is 0.612. The molecule has 2 heterocycles. The van der Waals surface area contributed by atoms with E-state index in [0.29, 0.717) is 11.7 Å². The highest BCUT2D eigenvalue weighted by Crippen LogP contribution is 2.18. The number of hydrogen-bond donors (Lipinski definition) is 1. The molecule has 0 saturated heterocycles. The number of nitrogens with zero attached hydrogens (tertiary/aromatic N) is 2. The van der Waals surface area contributed by atoms with Gasteiger partial charge in [0.1, 0.15) is 0 Å². The number of nitrogens with one attached hydrogen (secondary N) is 1. The molecule has 0 unspecified atom stereocenters. The van der Waals surface area contributed by atoms with E-state index < -0.39 is 5.69 Å². The summed E-state index contributed by atoms with van der Waals surface area (Å²) in [6, 6.07) is 0. The van der Waals surface area contributed by atoms with Crippen molar-refractivity contribution in [2.45, 2.75) is 25.5 Å². The van der Waals surface area contributed by atoms with Gasteiger partial charge in [-0.1, -0.05) is 25.6 Å². The Morgan fingerprint density at radius 2 is 2.15 bits per heavy atom. The maximum absolute atomic E-state index is 11.0. The normalized spacial score (nSPS) is 13.1. The number of thioether (sulfide) groups is 1. The average molecular weight is 201 g/mol. The van der Waals surface area contributed by atoms with Gasteiger partial charge < -0.3 is 0 Å². The lowest BCUT2D eigenvalue weighted by Crippen LogP contribution is -2.31. The van der Waals surface area contributed by atoms with E-state index in [4.69, 9.17) is 0 Å². The van der Waals surface area contributed by atoms with Gasteiger partial charge in [-0.05, 0) is 0 Å². The molecule has 6 heteroatoms. The van der Waals surface area contributed by atoms with E-state index in [9.17, 15) is 9.59 Å². The third-order valence-electron chi connectivity index (χ3n) is 1.43. The number of aromatic nitrogens is 3. The van der Waals surface area contributed by atoms with Crippen molar-refractivity contribution in [3.05, 3.63) is 21.0 Å². The highest BCUT2D eigenvalue weighted by molar-refractivity contribution is 7.99. The van der Waals surface area contributed by atoms with E-state index in [1.54, 1.807) is 0 Å². The summed E-state index contributed by atoms with van der Waals surface area (Å²) >= 11 is 1.43. The molecule has 5 nitrogen and oxygen atoms in total. The van der Waals surface area contributed by atoms with Crippen molar-refractivity contribution in [3.8, 4) is 0 Å². The van der Waals surface area contributed by atoms with Crippen LogP contribution in [0.5, 0.6) is 0 Å². The van der Waals surface area contributed by atoms with E-state index >= 15 is 0 Å². The van der Waals surface area contributed by atoms with Crippen LogP contribution >= 0.6 is 11.8 Å². The minimum Gasteiger partial charge on any atom is -0.272 e. The first-order valence-corrected chi connectivity index (χ1v) is 5.10. The molecule has 1 N–H and O–H groups in total. The molecule has 1 aromatic heterocycles. The molecule has 1 aliphatic rings. The first kappa shape index (κ1) is 10.0. The smallest absolute Gasteiger partial charge is 0.272 e. The zero-order valence-electron chi connectivity index (χ0n) is 7.53. The van der Waals surface area contributed by atoms with Crippen molar-refractivity contribution >= 4 is 11.8 Å². The summed E-state index contributed by atoms with van der Waals surface area (Å²) in [4.78, 5) is 27.4. The van der Waals surface area contributed by atoms with E-state index in [1.807, 2.05) is 13.8 Å². The van der Waals surface area contributed by atoms with Crippen LogP contribution in [-0.4, -0.2) is 20.3 Å². The fourth-order valence-electron chi connectivity index (χ4n) is 0.957. The monoisotopic (exact) mass is 201 g/mol. The van der Waals surface area contributed by atoms with Gasteiger partial charge in [0.2, 0.25) is 0 Å². The summed E-state index contributed by atoms with van der Waals surface area (Å²) in [5, 5.41) is 0.527. The molecule has 0 radical (unpaired) electrons. The van der Waals surface area contributed by atoms with Crippen molar-refractivity contribution < 1.29 is 0 Å². The summed E-state index contributed by atoms with van der Waals surface area (Å²) in [5.74, 6) is 0.819. The quantitative estimate of drug-likeness (QED) is 0.644. The first-order valence-electron chi connectivity index (χ1n) is 4.11. The van der Waals surface area contributed by atoms with Gasteiger partial charge in [-0.2, -0.15) is 4.98 Å². The molecule has 0 bridgehead atoms. The van der Waals surface area contributed by atoms with Gasteiger partial charge in [0.25, 0.3) is 0 Å². The van der Waals surface area contributed by atoms with Gasteiger partial charge in [0.05, 0.1) is 0 Å². The Kier molecular flexibility index (Phi) is 3.30. The van der Waals surface area contributed by atoms with E-state index in [2.05, 4.69) is 9.97 Å². The molecule has 0 aromatic carbocycles. The van der Waals surface area contributed by atoms with E-state index in [0.717, 1.165) is 5.75 Å². The zero-order chi connectivity index (χ0) is 9.84. The molecule has 0 saturated carbocycles. The van der Waals surface area contributed by atoms with E-state index in [1.165, 1.54) is 16.3 Å². The van der Waals surface area contributed by atoms with Gasteiger partial charge in [0.15, 0.2) is 5.16 Å². The van der Waals surface area contributed by atoms with Crippen molar-refractivity contribution in [1.29, 1.82) is 0 Å². The van der Waals surface area contributed by atoms with Crippen LogP contribution in [0, 0.1) is 0 Å². The maximum atomic E-state index is 11.0. The molecule has 0 aliphatic carbocycles. The molecule has 0 fully saturated rings. The molecule has 0 amide bonds. The Morgan fingerprint density at radius 3 is 2.85 bits per heavy atom. The second-order valence-corrected chi connectivity index (χ2v) is 3.19. The molecule has 13 heavy (non-hydrogen) atoms. The number of fused-ring (bicyclic) bond motifs is 1. The average Bonchev–Trinajstić information content (AvgIpc) is 2.55. The standard InChI is InChI=1S/C5H5N3O2S.C2H6/c9-3-6-4(10)8-1-2-11-5(8)7-3;1-2/h1-2H2,(H,6,9,10);1-2H3. The number of aromatic amines is 1. The Morgan fingerprint density at radius 1 is 1.46 bits per heavy atom. The third-order valence-corrected chi connectivity index (χ3v) is 2.39. The molecular formula is C7H11N3O2S. The van der Waals surface area contributed by atoms with Crippen LogP contribution in [0.25, 0.3) is 0 Å². The predicted octanol–water partition coefficient (Wildman–Crippen LogP) is 0.0635. The number of hydrogen-bond acceptors (Lipinski definition) is 4. The number of H-pyrrole nitrogens is 1. The van der Waals surface area contributed by atoms with E-state index in [-0.39, 0.29) is 5.69 Å². The predicted molar refractivity (Wildman–Crippen MR) is 51.2 cm³/mol. The van der Waals surface area contributed by atoms with Crippen molar-refractivity contribution in [2.75, 3.05) is 5.75 Å². The largest absolute Gasteiger partial charge is 0.351 e. The Labute approximate surface area is 79.2 Å². The third kappa shape index (κ3) is 2.00. The van der Waals surface area contributed by atoms with Crippen LogP contribution in [0.4, 0.5) is 0 Å². The zero-order valence-corrected chi connectivity index (χ0v) is 8.35. The molecule has 1 aromatic rings. The van der Waals surface area contributed by atoms with Gasteiger partial charge >= 0.3 is 11.4 Å². The van der Waals surface area contributed by atoms with Gasteiger partial charge in [-0.3, -0.25) is 9.55 Å². The minimum absolute atomic E-state index is 0.356. The Bertz CT molecular complexity index is 395. The summed E-state index contributed by atoms with van der Waals surface area (Å²) in [6.07, 6.45) is 0. The SMILES string of the molecule is CC.O=c1nc2n(c(=O)[nH]1)CCS2. The molecule has 72 valence electrons. The first-order chi connectivity index (χ1) is 6.27. The summed E-state index contributed by atoms with van der Waals surface area (Å²) < 4.78 is 1.46. The fraction of sp³-hybridized carbons (Fsp3) is 0.571. The fourth-order valence-corrected chi connectivity index (χ4v) is 1.89. The molecule has 2 rings (SSSR count).